The van der Waals surface area contributed by atoms with Crippen molar-refractivity contribution < 1.29 is 14.3 Å². The van der Waals surface area contributed by atoms with Gasteiger partial charge in [0, 0.05) is 0 Å². The summed E-state index contributed by atoms with van der Waals surface area (Å²) in [6.45, 7) is 1.84. The smallest absolute Gasteiger partial charge is 0.313 e. The summed E-state index contributed by atoms with van der Waals surface area (Å²) in [5.41, 5.74) is 0.742. The van der Waals surface area contributed by atoms with E-state index in [1.165, 1.54) is 13.4 Å². The molecule has 1 rings (SSSR count). The number of halogens is 1. The number of Topliss-reactive ketones (excluding diaryl/α,β-unsaturated/α-hetero) is 1. The molecule has 1 aromatic heterocycles. The summed E-state index contributed by atoms with van der Waals surface area (Å²) in [6, 6.07) is 0. The Kier molecular flexibility index (Phi) is 4.37. The standard InChI is InChI=1S/C10H11ClN2O3/c1-3-6-9(10(11)13-5-12-6)7(14)4-8(15)16-2/h5H,3-4H2,1-2H3. The second-order valence-electron chi connectivity index (χ2n) is 3.02. The fourth-order valence-corrected chi connectivity index (χ4v) is 1.49. The summed E-state index contributed by atoms with van der Waals surface area (Å²) in [5.74, 6) is -1.03. The summed E-state index contributed by atoms with van der Waals surface area (Å²) in [4.78, 5) is 30.4. The summed E-state index contributed by atoms with van der Waals surface area (Å²) < 4.78 is 4.41. The average Bonchev–Trinajstić information content (AvgIpc) is 2.28. The molecule has 0 unspecified atom stereocenters. The lowest BCUT2D eigenvalue weighted by atomic mass is 10.1. The van der Waals surface area contributed by atoms with Gasteiger partial charge in [-0.1, -0.05) is 18.5 Å². The second-order valence-corrected chi connectivity index (χ2v) is 3.37. The molecule has 0 saturated carbocycles. The van der Waals surface area contributed by atoms with Crippen molar-refractivity contribution in [2.45, 2.75) is 19.8 Å². The van der Waals surface area contributed by atoms with Crippen LogP contribution in [0.4, 0.5) is 0 Å². The molecule has 0 amide bonds. The van der Waals surface area contributed by atoms with Crippen molar-refractivity contribution >= 4 is 23.4 Å². The maximum atomic E-state index is 11.7. The van der Waals surface area contributed by atoms with E-state index in [1.54, 1.807) is 0 Å². The van der Waals surface area contributed by atoms with Gasteiger partial charge in [-0.3, -0.25) is 9.59 Å². The van der Waals surface area contributed by atoms with Crippen LogP contribution in [-0.2, 0) is 16.0 Å². The Morgan fingerprint density at radius 3 is 2.69 bits per heavy atom. The first kappa shape index (κ1) is 12.6. The van der Waals surface area contributed by atoms with Crippen LogP contribution in [0.25, 0.3) is 0 Å². The molecule has 1 aromatic rings. The Morgan fingerprint density at radius 1 is 1.44 bits per heavy atom. The van der Waals surface area contributed by atoms with E-state index in [4.69, 9.17) is 11.6 Å². The Hall–Kier alpha value is -1.49. The maximum Gasteiger partial charge on any atom is 0.313 e. The molecule has 0 aliphatic carbocycles. The molecule has 0 atom stereocenters. The SMILES string of the molecule is CCc1ncnc(Cl)c1C(=O)CC(=O)OC. The number of ether oxygens (including phenoxy) is 1. The number of aryl methyl sites for hydroxylation is 1. The van der Waals surface area contributed by atoms with Gasteiger partial charge in [-0.05, 0) is 6.42 Å². The molecule has 5 nitrogen and oxygen atoms in total. The van der Waals surface area contributed by atoms with Gasteiger partial charge in [0.2, 0.25) is 0 Å². The van der Waals surface area contributed by atoms with Gasteiger partial charge < -0.3 is 4.74 Å². The molecule has 6 heteroatoms. The Labute approximate surface area is 97.8 Å². The van der Waals surface area contributed by atoms with Crippen LogP contribution in [0.1, 0.15) is 29.4 Å². The van der Waals surface area contributed by atoms with Gasteiger partial charge in [0.1, 0.15) is 17.9 Å². The monoisotopic (exact) mass is 242 g/mol. The van der Waals surface area contributed by atoms with Crippen LogP contribution in [0.2, 0.25) is 5.15 Å². The van der Waals surface area contributed by atoms with Crippen LogP contribution in [0.3, 0.4) is 0 Å². The van der Waals surface area contributed by atoms with Crippen molar-refractivity contribution in [1.29, 1.82) is 0 Å². The van der Waals surface area contributed by atoms with Crippen molar-refractivity contribution in [2.24, 2.45) is 0 Å². The second kappa shape index (κ2) is 5.55. The number of carbonyl (C=O) groups excluding carboxylic acids is 2. The van der Waals surface area contributed by atoms with E-state index in [-0.39, 0.29) is 17.1 Å². The van der Waals surface area contributed by atoms with E-state index in [0.29, 0.717) is 12.1 Å². The van der Waals surface area contributed by atoms with Gasteiger partial charge in [-0.2, -0.15) is 0 Å². The molecular formula is C10H11ClN2O3. The highest BCUT2D eigenvalue weighted by Gasteiger charge is 2.19. The van der Waals surface area contributed by atoms with E-state index in [1.807, 2.05) is 6.92 Å². The maximum absolute atomic E-state index is 11.7. The van der Waals surface area contributed by atoms with Crippen LogP contribution in [0.5, 0.6) is 0 Å². The topological polar surface area (TPSA) is 69.2 Å². The van der Waals surface area contributed by atoms with Crippen molar-refractivity contribution in [3.63, 3.8) is 0 Å². The Bertz CT molecular complexity index is 421. The highest BCUT2D eigenvalue weighted by atomic mass is 35.5. The molecule has 0 aliphatic rings. The van der Waals surface area contributed by atoms with E-state index < -0.39 is 11.8 Å². The largest absolute Gasteiger partial charge is 0.469 e. The third kappa shape index (κ3) is 2.76. The zero-order valence-electron chi connectivity index (χ0n) is 8.99. The first-order valence-electron chi connectivity index (χ1n) is 4.69. The van der Waals surface area contributed by atoms with Crippen LogP contribution >= 0.6 is 11.6 Å². The third-order valence-electron chi connectivity index (χ3n) is 2.03. The van der Waals surface area contributed by atoms with Crippen LogP contribution in [0, 0.1) is 0 Å². The van der Waals surface area contributed by atoms with Crippen molar-refractivity contribution in [3.8, 4) is 0 Å². The summed E-state index contributed by atoms with van der Waals surface area (Å²) in [6.07, 6.45) is 1.48. The molecule has 0 spiro atoms. The van der Waals surface area contributed by atoms with E-state index in [9.17, 15) is 9.59 Å². The number of esters is 1. The summed E-state index contributed by atoms with van der Waals surface area (Å²) in [5, 5.41) is 0.0701. The summed E-state index contributed by atoms with van der Waals surface area (Å²) >= 11 is 5.81. The molecule has 0 aliphatic heterocycles. The van der Waals surface area contributed by atoms with E-state index in [2.05, 4.69) is 14.7 Å². The first-order chi connectivity index (χ1) is 7.60. The van der Waals surface area contributed by atoms with E-state index in [0.717, 1.165) is 0 Å². The molecule has 0 radical (unpaired) electrons. The minimum Gasteiger partial charge on any atom is -0.469 e. The van der Waals surface area contributed by atoms with Crippen molar-refractivity contribution in [3.05, 3.63) is 22.7 Å². The number of carbonyl (C=O) groups is 2. The predicted molar refractivity (Wildman–Crippen MR) is 57.4 cm³/mol. The van der Waals surface area contributed by atoms with Gasteiger partial charge in [-0.25, -0.2) is 9.97 Å². The van der Waals surface area contributed by atoms with Gasteiger partial charge in [0.15, 0.2) is 5.78 Å². The normalized spacial score (nSPS) is 9.94. The molecule has 0 N–H and O–H groups in total. The molecular weight excluding hydrogens is 232 g/mol. The molecule has 0 aromatic carbocycles. The van der Waals surface area contributed by atoms with Gasteiger partial charge in [0.25, 0.3) is 0 Å². The van der Waals surface area contributed by atoms with Crippen molar-refractivity contribution in [2.75, 3.05) is 7.11 Å². The minimum atomic E-state index is -0.605. The fourth-order valence-electron chi connectivity index (χ4n) is 1.23. The van der Waals surface area contributed by atoms with Gasteiger partial charge >= 0.3 is 5.97 Å². The van der Waals surface area contributed by atoms with E-state index >= 15 is 0 Å². The lowest BCUT2D eigenvalue weighted by Crippen LogP contribution is -2.13. The molecule has 0 fully saturated rings. The highest BCUT2D eigenvalue weighted by Crippen LogP contribution is 2.18. The molecule has 0 saturated heterocycles. The molecule has 0 bridgehead atoms. The Balaban J connectivity index is 3.02. The fraction of sp³-hybridized carbons (Fsp3) is 0.400. The van der Waals surface area contributed by atoms with Crippen molar-refractivity contribution in [1.82, 2.24) is 9.97 Å². The number of methoxy groups -OCH3 is 1. The predicted octanol–water partition coefficient (Wildman–Crippen LogP) is 1.44. The molecule has 16 heavy (non-hydrogen) atoms. The molecule has 86 valence electrons. The quantitative estimate of drug-likeness (QED) is 0.346. The zero-order valence-corrected chi connectivity index (χ0v) is 9.74. The number of rotatable bonds is 4. The van der Waals surface area contributed by atoms with Crippen LogP contribution in [-0.4, -0.2) is 28.8 Å². The first-order valence-corrected chi connectivity index (χ1v) is 5.07. The zero-order chi connectivity index (χ0) is 12.1. The van der Waals surface area contributed by atoms with Gasteiger partial charge in [-0.15, -0.1) is 0 Å². The number of aromatic nitrogens is 2. The number of ketones is 1. The lowest BCUT2D eigenvalue weighted by molar-refractivity contribution is -0.139. The third-order valence-corrected chi connectivity index (χ3v) is 2.31. The lowest BCUT2D eigenvalue weighted by Gasteiger charge is -2.06. The Morgan fingerprint density at radius 2 is 2.12 bits per heavy atom. The average molecular weight is 243 g/mol. The minimum absolute atomic E-state index is 0.0701. The number of hydrogen-bond acceptors (Lipinski definition) is 5. The van der Waals surface area contributed by atoms with Gasteiger partial charge in [0.05, 0.1) is 18.4 Å². The number of nitrogens with zero attached hydrogens (tertiary/aromatic N) is 2. The van der Waals surface area contributed by atoms with Crippen LogP contribution in [0.15, 0.2) is 6.33 Å². The van der Waals surface area contributed by atoms with Crippen LogP contribution < -0.4 is 0 Å². The highest BCUT2D eigenvalue weighted by molar-refractivity contribution is 6.33. The molecule has 1 heterocycles. The summed E-state index contributed by atoms with van der Waals surface area (Å²) in [7, 11) is 1.22. The number of hydrogen-bond donors (Lipinski definition) is 0.